The molecule has 3 N–H and O–H groups in total. The van der Waals surface area contributed by atoms with E-state index in [-0.39, 0.29) is 44.2 Å². The first kappa shape index (κ1) is 31.4. The fraction of sp³-hybridized carbons (Fsp3) is 0.706. The molecule has 0 saturated heterocycles. The van der Waals surface area contributed by atoms with Crippen LogP contribution in [-0.2, 0) is 25.8 Å². The molecule has 0 aromatic heterocycles. The van der Waals surface area contributed by atoms with Gasteiger partial charge in [0.2, 0.25) is 0 Å². The molecule has 3 nitrogen and oxygen atoms in total. The van der Waals surface area contributed by atoms with Gasteiger partial charge in [0.1, 0.15) is 0 Å². The van der Waals surface area contributed by atoms with E-state index in [2.05, 4.69) is 0 Å². The van der Waals surface area contributed by atoms with Crippen LogP contribution in [-0.4, -0.2) is 49.5 Å². The molecule has 1 aromatic carbocycles. The van der Waals surface area contributed by atoms with Crippen molar-refractivity contribution in [3.05, 3.63) is 24.3 Å². The van der Waals surface area contributed by atoms with Crippen LogP contribution in [0.4, 0.5) is 3.50 Å². The summed E-state index contributed by atoms with van der Waals surface area (Å²) in [6.07, 6.45) is 2.24. The van der Waals surface area contributed by atoms with E-state index >= 15 is 0 Å². The Morgan fingerprint density at radius 2 is 1.04 bits per heavy atom. The van der Waals surface area contributed by atoms with Crippen molar-refractivity contribution >= 4 is 20.3 Å². The van der Waals surface area contributed by atoms with Gasteiger partial charge in [0.15, 0.2) is 0 Å². The van der Waals surface area contributed by atoms with Crippen LogP contribution in [0, 0.1) is 0 Å². The molecule has 0 heterocycles. The summed E-state index contributed by atoms with van der Waals surface area (Å²) in [6.45, 7) is 11.2. The van der Waals surface area contributed by atoms with Crippen LogP contribution in [0.2, 0.25) is 0 Å². The van der Waals surface area contributed by atoms with Gasteiger partial charge in [-0.05, 0) is 40.0 Å². The zero-order chi connectivity index (χ0) is 18.0. The van der Waals surface area contributed by atoms with Crippen LogP contribution in [0.25, 0.3) is 0 Å². The van der Waals surface area contributed by atoms with E-state index in [1.807, 2.05) is 45.0 Å². The number of hydrogen-bond donors (Lipinski definition) is 3. The van der Waals surface area contributed by atoms with E-state index in [9.17, 15) is 3.50 Å². The first-order valence-corrected chi connectivity index (χ1v) is 10.7. The third-order valence-electron chi connectivity index (χ3n) is 2.66. The average Bonchev–Trinajstić information content (AvgIpc) is 3.02. The Kier molecular flexibility index (Phi) is 33.8. The molecule has 3 unspecified atom stereocenters. The zero-order valence-corrected chi connectivity index (χ0v) is 22.1. The van der Waals surface area contributed by atoms with Crippen molar-refractivity contribution < 1.29 is 44.7 Å². The number of aliphatic hydroxyl groups is 3. The molecule has 0 bridgehead atoms. The smallest absolute Gasteiger partial charge is 0 e. The van der Waals surface area contributed by atoms with Crippen molar-refractivity contribution in [2.24, 2.45) is 0 Å². The monoisotopic (exact) mass is 561 g/mol. The molecule has 0 spiro atoms. The minimum Gasteiger partial charge on any atom is 0 e. The standard InChI is InChI=1S/C5H6FGe.3C4H10O.Hf/c6-7-5-3-1-2-4-5;3*1-3-4(2)5;/h1-4H,7H2;3*4-5H,3H2,1-2H3;/q-1;;;;. The van der Waals surface area contributed by atoms with E-state index in [4.69, 9.17) is 15.3 Å². The fourth-order valence-corrected chi connectivity index (χ4v) is 1.45. The van der Waals surface area contributed by atoms with Crippen molar-refractivity contribution in [1.29, 1.82) is 0 Å². The number of hydrogen-bond acceptors (Lipinski definition) is 3. The summed E-state index contributed by atoms with van der Waals surface area (Å²) in [5.41, 5.74) is 0. The van der Waals surface area contributed by atoms with E-state index in [1.165, 1.54) is 0 Å². The van der Waals surface area contributed by atoms with Crippen LogP contribution in [0.1, 0.15) is 60.8 Å². The first-order valence-electron chi connectivity index (χ1n) is 8.05. The maximum atomic E-state index is 11.7. The predicted octanol–water partition coefficient (Wildman–Crippen LogP) is 2.41. The summed E-state index contributed by atoms with van der Waals surface area (Å²) in [6, 6.07) is 7.44. The molecule has 1 aromatic rings. The van der Waals surface area contributed by atoms with Gasteiger partial charge in [-0.1, -0.05) is 20.8 Å². The van der Waals surface area contributed by atoms with E-state index in [0.29, 0.717) is 0 Å². The second-order valence-electron chi connectivity index (χ2n) is 5.20. The molecule has 138 valence electrons. The first-order chi connectivity index (χ1) is 10.2. The Hall–Kier alpha value is 0.573. The van der Waals surface area contributed by atoms with Gasteiger partial charge in [0, 0.05) is 25.8 Å². The largest absolute Gasteiger partial charge is 0 e. The van der Waals surface area contributed by atoms with Crippen molar-refractivity contribution in [3.63, 3.8) is 0 Å². The Labute approximate surface area is 167 Å². The fourth-order valence-electron chi connectivity index (χ4n) is 0.503. The van der Waals surface area contributed by atoms with Gasteiger partial charge in [-0.25, -0.2) is 0 Å². The van der Waals surface area contributed by atoms with Gasteiger partial charge in [-0.15, -0.1) is 0 Å². The Morgan fingerprint density at radius 1 is 0.826 bits per heavy atom. The molecule has 0 radical (unpaired) electrons. The molecule has 3 atom stereocenters. The van der Waals surface area contributed by atoms with Crippen molar-refractivity contribution in [3.8, 4) is 0 Å². The molecule has 0 amide bonds. The predicted molar refractivity (Wildman–Crippen MR) is 97.2 cm³/mol. The van der Waals surface area contributed by atoms with Gasteiger partial charge in [0.25, 0.3) is 0 Å². The van der Waals surface area contributed by atoms with Crippen molar-refractivity contribution in [2.75, 3.05) is 0 Å². The SMILES string of the molecule is CCC(C)O.CCC(C)O.CCC(C)O.[F][GeH2][c-]1cccc1.[Hf]. The quantitative estimate of drug-likeness (QED) is 0.393. The summed E-state index contributed by atoms with van der Waals surface area (Å²) in [5, 5.41) is 25.1. The number of aliphatic hydroxyl groups excluding tert-OH is 3. The molecule has 0 saturated carbocycles. The van der Waals surface area contributed by atoms with Gasteiger partial charge in [-0.2, -0.15) is 0 Å². The Balaban J connectivity index is -0.000000105. The van der Waals surface area contributed by atoms with Gasteiger partial charge >= 0.3 is 48.1 Å². The van der Waals surface area contributed by atoms with Gasteiger partial charge in [0.05, 0.1) is 18.3 Å². The molecule has 6 heteroatoms. The van der Waals surface area contributed by atoms with E-state index in [1.54, 1.807) is 20.8 Å². The van der Waals surface area contributed by atoms with Crippen LogP contribution in [0.5, 0.6) is 0 Å². The summed E-state index contributed by atoms with van der Waals surface area (Å²) in [4.78, 5) is 0. The molecule has 0 fully saturated rings. The van der Waals surface area contributed by atoms with Gasteiger partial charge < -0.3 is 15.3 Å². The normalized spacial score (nSPS) is 13.1. The van der Waals surface area contributed by atoms with Crippen LogP contribution >= 0.6 is 0 Å². The summed E-state index contributed by atoms with van der Waals surface area (Å²) >= 11 is -1.73. The summed E-state index contributed by atoms with van der Waals surface area (Å²) < 4.78 is 12.7. The van der Waals surface area contributed by atoms with Crippen molar-refractivity contribution in [1.82, 2.24) is 0 Å². The number of halogens is 1. The topological polar surface area (TPSA) is 60.7 Å². The second kappa shape index (κ2) is 24.8. The molecule has 23 heavy (non-hydrogen) atoms. The zero-order valence-electron chi connectivity index (χ0n) is 15.6. The third kappa shape index (κ3) is 39.4. The summed E-state index contributed by atoms with van der Waals surface area (Å²) in [5.74, 6) is 0. The van der Waals surface area contributed by atoms with Crippen LogP contribution < -0.4 is 4.40 Å². The van der Waals surface area contributed by atoms with E-state index in [0.717, 1.165) is 23.7 Å². The van der Waals surface area contributed by atoms with E-state index < -0.39 is 15.9 Å². The van der Waals surface area contributed by atoms with Gasteiger partial charge in [-0.3, -0.25) is 0 Å². The molecular weight excluding hydrogens is 522 g/mol. The molecule has 1 rings (SSSR count). The Bertz CT molecular complexity index is 262. The minimum absolute atomic E-state index is 0. The third-order valence-corrected chi connectivity index (χ3v) is 4.30. The molecule has 0 aliphatic rings. The van der Waals surface area contributed by atoms with Crippen LogP contribution in [0.3, 0.4) is 0 Å². The maximum Gasteiger partial charge on any atom is 0 e. The maximum absolute atomic E-state index is 11.7. The average molecular weight is 559 g/mol. The minimum atomic E-state index is -1.73. The molecule has 0 aliphatic carbocycles. The van der Waals surface area contributed by atoms with Crippen molar-refractivity contribution in [2.45, 2.75) is 79.1 Å². The van der Waals surface area contributed by atoms with Crippen LogP contribution in [0.15, 0.2) is 24.3 Å². The molecule has 0 aliphatic heterocycles. The molecular formula is C17H36FGeHfO3-. The second-order valence-corrected chi connectivity index (χ2v) is 7.47. The number of rotatable bonds is 4. The Morgan fingerprint density at radius 3 is 1.13 bits per heavy atom. The summed E-state index contributed by atoms with van der Waals surface area (Å²) in [7, 11) is 0.